The molecule has 138 valence electrons. The van der Waals surface area contributed by atoms with Crippen LogP contribution in [0.25, 0.3) is 0 Å². The Labute approximate surface area is 148 Å². The van der Waals surface area contributed by atoms with E-state index in [0.717, 1.165) is 25.9 Å². The van der Waals surface area contributed by atoms with Crippen LogP contribution in [-0.4, -0.2) is 69.2 Å². The number of rotatable bonds is 6. The molecule has 0 spiro atoms. The Bertz CT molecular complexity index is 583. The number of nitrogens with one attached hydrogen (secondary N) is 1. The molecule has 0 atom stereocenters. The normalized spacial score (nSPS) is 14.8. The van der Waals surface area contributed by atoms with Gasteiger partial charge in [0.2, 0.25) is 0 Å². The summed E-state index contributed by atoms with van der Waals surface area (Å²) < 4.78 is 10.7. The molecule has 1 saturated heterocycles. The van der Waals surface area contributed by atoms with Crippen LogP contribution in [0, 0.1) is 5.92 Å². The molecule has 7 heteroatoms. The zero-order valence-corrected chi connectivity index (χ0v) is 15.2. The first-order chi connectivity index (χ1) is 12.0. The fourth-order valence-corrected chi connectivity index (χ4v) is 2.80. The number of benzene rings is 1. The Hall–Kier alpha value is -2.44. The zero-order valence-electron chi connectivity index (χ0n) is 15.2. The number of urea groups is 1. The van der Waals surface area contributed by atoms with Gasteiger partial charge < -0.3 is 24.6 Å². The summed E-state index contributed by atoms with van der Waals surface area (Å²) >= 11 is 0. The van der Waals surface area contributed by atoms with Gasteiger partial charge in [-0.1, -0.05) is 12.1 Å². The molecule has 1 aliphatic rings. The second-order valence-corrected chi connectivity index (χ2v) is 6.35. The van der Waals surface area contributed by atoms with Crippen LogP contribution in [0.4, 0.5) is 4.79 Å². The molecule has 1 aromatic rings. The molecule has 1 aliphatic heterocycles. The molecule has 3 amide bonds. The molecule has 0 bridgehead atoms. The van der Waals surface area contributed by atoms with Gasteiger partial charge in [-0.25, -0.2) is 4.79 Å². The number of methoxy groups -OCH3 is 1. The van der Waals surface area contributed by atoms with E-state index in [0.29, 0.717) is 24.0 Å². The van der Waals surface area contributed by atoms with E-state index in [1.165, 1.54) is 0 Å². The van der Waals surface area contributed by atoms with Gasteiger partial charge in [-0.3, -0.25) is 4.79 Å². The van der Waals surface area contributed by atoms with E-state index in [4.69, 9.17) is 9.47 Å². The average molecular weight is 349 g/mol. The van der Waals surface area contributed by atoms with Crippen LogP contribution in [0.3, 0.4) is 0 Å². The first-order valence-corrected chi connectivity index (χ1v) is 8.50. The van der Waals surface area contributed by atoms with Gasteiger partial charge in [0.1, 0.15) is 0 Å². The molecule has 0 unspecified atom stereocenters. The van der Waals surface area contributed by atoms with Crippen molar-refractivity contribution < 1.29 is 19.1 Å². The molecule has 0 aliphatic carbocycles. The van der Waals surface area contributed by atoms with Gasteiger partial charge in [-0.05, 0) is 30.9 Å². The van der Waals surface area contributed by atoms with E-state index in [1.807, 2.05) is 17.0 Å². The molecule has 0 saturated carbocycles. The lowest BCUT2D eigenvalue weighted by molar-refractivity contribution is -0.123. The van der Waals surface area contributed by atoms with E-state index >= 15 is 0 Å². The van der Waals surface area contributed by atoms with Crippen molar-refractivity contribution in [1.82, 2.24) is 15.1 Å². The standard InChI is InChI=1S/C18H27N3O4/c1-20(2)18(23)21-10-8-14(9-11-21)12-19-17(22)13-25-16-7-5-4-6-15(16)24-3/h4-7,14H,8-13H2,1-3H3,(H,19,22). The Balaban J connectivity index is 1.68. The number of likely N-dealkylation sites (tertiary alicyclic amines) is 1. The number of amides is 3. The van der Waals surface area contributed by atoms with E-state index in [9.17, 15) is 9.59 Å². The molecule has 1 fully saturated rings. The Morgan fingerprint density at radius 3 is 2.44 bits per heavy atom. The van der Waals surface area contributed by atoms with Crippen LogP contribution < -0.4 is 14.8 Å². The van der Waals surface area contributed by atoms with Crippen molar-refractivity contribution in [3.8, 4) is 11.5 Å². The Morgan fingerprint density at radius 2 is 1.84 bits per heavy atom. The van der Waals surface area contributed by atoms with Crippen molar-refractivity contribution in [2.24, 2.45) is 5.92 Å². The molecular weight excluding hydrogens is 322 g/mol. The van der Waals surface area contributed by atoms with Crippen LogP contribution in [0.5, 0.6) is 11.5 Å². The molecule has 1 aromatic carbocycles. The Kier molecular flexibility index (Phi) is 6.91. The van der Waals surface area contributed by atoms with Crippen LogP contribution in [-0.2, 0) is 4.79 Å². The van der Waals surface area contributed by atoms with Crippen molar-refractivity contribution in [1.29, 1.82) is 0 Å². The maximum absolute atomic E-state index is 12.0. The summed E-state index contributed by atoms with van der Waals surface area (Å²) in [4.78, 5) is 27.3. The molecular formula is C18H27N3O4. The lowest BCUT2D eigenvalue weighted by Gasteiger charge is -2.33. The molecule has 1 N–H and O–H groups in total. The fraction of sp³-hybridized carbons (Fsp3) is 0.556. The highest BCUT2D eigenvalue weighted by Crippen LogP contribution is 2.25. The molecule has 1 heterocycles. The number of nitrogens with zero attached hydrogens (tertiary/aromatic N) is 2. The zero-order chi connectivity index (χ0) is 18.2. The van der Waals surface area contributed by atoms with E-state index < -0.39 is 0 Å². The summed E-state index contributed by atoms with van der Waals surface area (Å²) in [6, 6.07) is 7.28. The lowest BCUT2D eigenvalue weighted by Crippen LogP contribution is -2.45. The maximum Gasteiger partial charge on any atom is 0.319 e. The predicted molar refractivity (Wildman–Crippen MR) is 94.9 cm³/mol. The van der Waals surface area contributed by atoms with Gasteiger partial charge in [-0.15, -0.1) is 0 Å². The topological polar surface area (TPSA) is 71.1 Å². The summed E-state index contributed by atoms with van der Waals surface area (Å²) in [5, 5.41) is 2.91. The van der Waals surface area contributed by atoms with Gasteiger partial charge in [0, 0.05) is 33.7 Å². The smallest absolute Gasteiger partial charge is 0.319 e. The summed E-state index contributed by atoms with van der Waals surface area (Å²) in [6.07, 6.45) is 1.79. The number of hydrogen-bond donors (Lipinski definition) is 1. The minimum Gasteiger partial charge on any atom is -0.493 e. The largest absolute Gasteiger partial charge is 0.493 e. The minimum atomic E-state index is -0.155. The van der Waals surface area contributed by atoms with E-state index in [1.54, 1.807) is 38.2 Å². The fourth-order valence-electron chi connectivity index (χ4n) is 2.80. The molecule has 0 radical (unpaired) electrons. The number of ether oxygens (including phenoxy) is 2. The van der Waals surface area contributed by atoms with Gasteiger partial charge in [0.25, 0.3) is 5.91 Å². The third kappa shape index (κ3) is 5.55. The summed E-state index contributed by atoms with van der Waals surface area (Å²) in [7, 11) is 5.09. The van der Waals surface area contributed by atoms with Gasteiger partial charge in [0.05, 0.1) is 7.11 Å². The van der Waals surface area contributed by atoms with Crippen LogP contribution in [0.2, 0.25) is 0 Å². The van der Waals surface area contributed by atoms with Crippen molar-refractivity contribution >= 4 is 11.9 Å². The third-order valence-electron chi connectivity index (χ3n) is 4.28. The first-order valence-electron chi connectivity index (χ1n) is 8.50. The highest BCUT2D eigenvalue weighted by Gasteiger charge is 2.23. The average Bonchev–Trinajstić information content (AvgIpc) is 2.64. The summed E-state index contributed by atoms with van der Waals surface area (Å²) in [5.74, 6) is 1.39. The highest BCUT2D eigenvalue weighted by atomic mass is 16.5. The maximum atomic E-state index is 12.0. The Morgan fingerprint density at radius 1 is 1.20 bits per heavy atom. The SMILES string of the molecule is COc1ccccc1OCC(=O)NCC1CCN(C(=O)N(C)C)CC1. The summed E-state index contributed by atoms with van der Waals surface area (Å²) in [5.41, 5.74) is 0. The number of hydrogen-bond acceptors (Lipinski definition) is 4. The van der Waals surface area contributed by atoms with Crippen molar-refractivity contribution in [3.63, 3.8) is 0 Å². The summed E-state index contributed by atoms with van der Waals surface area (Å²) in [6.45, 7) is 2.03. The molecule has 25 heavy (non-hydrogen) atoms. The van der Waals surface area contributed by atoms with Gasteiger partial charge in [-0.2, -0.15) is 0 Å². The molecule has 7 nitrogen and oxygen atoms in total. The lowest BCUT2D eigenvalue weighted by atomic mass is 9.97. The van der Waals surface area contributed by atoms with Crippen molar-refractivity contribution in [3.05, 3.63) is 24.3 Å². The van der Waals surface area contributed by atoms with E-state index in [2.05, 4.69) is 5.32 Å². The van der Waals surface area contributed by atoms with Crippen molar-refractivity contribution in [2.45, 2.75) is 12.8 Å². The van der Waals surface area contributed by atoms with Crippen molar-refractivity contribution in [2.75, 3.05) is 47.4 Å². The predicted octanol–water partition coefficient (Wildman–Crippen LogP) is 1.58. The minimum absolute atomic E-state index is 0.0433. The number of carbonyl (C=O) groups excluding carboxylic acids is 2. The second kappa shape index (κ2) is 9.15. The van der Waals surface area contributed by atoms with Crippen LogP contribution in [0.15, 0.2) is 24.3 Å². The van der Waals surface area contributed by atoms with Crippen LogP contribution >= 0.6 is 0 Å². The van der Waals surface area contributed by atoms with Crippen LogP contribution in [0.1, 0.15) is 12.8 Å². The number of para-hydroxylation sites is 2. The van der Waals surface area contributed by atoms with Gasteiger partial charge in [0.15, 0.2) is 18.1 Å². The van der Waals surface area contributed by atoms with E-state index in [-0.39, 0.29) is 18.5 Å². The van der Waals surface area contributed by atoms with Gasteiger partial charge >= 0.3 is 6.03 Å². The highest BCUT2D eigenvalue weighted by molar-refractivity contribution is 5.77. The monoisotopic (exact) mass is 349 g/mol. The third-order valence-corrected chi connectivity index (χ3v) is 4.28. The number of carbonyl (C=O) groups is 2. The molecule has 2 rings (SSSR count). The second-order valence-electron chi connectivity index (χ2n) is 6.35. The first kappa shape index (κ1) is 18.9. The quantitative estimate of drug-likeness (QED) is 0.846. The number of piperidine rings is 1. The molecule has 0 aromatic heterocycles.